The molecule has 0 spiro atoms. The second-order valence-electron chi connectivity index (χ2n) is 4.94. The molecule has 1 saturated heterocycles. The summed E-state index contributed by atoms with van der Waals surface area (Å²) in [6, 6.07) is -0.928. The monoisotopic (exact) mass is 341 g/mol. The molecule has 1 fully saturated rings. The molecule has 0 aliphatic carbocycles. The van der Waals surface area contributed by atoms with E-state index in [2.05, 4.69) is 5.32 Å². The van der Waals surface area contributed by atoms with E-state index in [9.17, 15) is 4.39 Å². The fraction of sp³-hybridized carbons (Fsp3) is 0.368. The van der Waals surface area contributed by atoms with E-state index in [0.717, 1.165) is 12.1 Å². The van der Waals surface area contributed by atoms with Crippen LogP contribution in [0.1, 0.15) is 34.3 Å². The molecule has 2 aromatic rings. The lowest BCUT2D eigenvalue weighted by atomic mass is 9.81. The van der Waals surface area contributed by atoms with Gasteiger partial charge < -0.3 is 19.5 Å². The molecule has 5 heteroatoms. The molecule has 126 valence electrons. The zero-order valence-electron chi connectivity index (χ0n) is 24.2. The smallest absolute Gasteiger partial charge is 0.231 e. The summed E-state index contributed by atoms with van der Waals surface area (Å²) in [5, 5.41) is 2.32. The van der Waals surface area contributed by atoms with Crippen LogP contribution < -0.4 is 19.5 Å². The van der Waals surface area contributed by atoms with Crippen LogP contribution in [0.15, 0.2) is 42.4 Å². The van der Waals surface area contributed by atoms with E-state index >= 15 is 0 Å². The molecule has 2 aromatic carbocycles. The lowest BCUT2D eigenvalue weighted by Crippen LogP contribution is -2.38. The van der Waals surface area contributed by atoms with Gasteiger partial charge in [-0.05, 0) is 48.6 Å². The number of hydrogen-bond acceptors (Lipinski definition) is 4. The Morgan fingerprint density at radius 1 is 1.33 bits per heavy atom. The average Bonchev–Trinajstić information content (AvgIpc) is 3.07. The number of ether oxygens (including phenoxy) is 3. The molecule has 0 aromatic heterocycles. The van der Waals surface area contributed by atoms with E-state index in [1.165, 1.54) is 6.07 Å². The van der Waals surface area contributed by atoms with Crippen molar-refractivity contribution >= 4 is 0 Å². The number of halogens is 1. The van der Waals surface area contributed by atoms with Crippen molar-refractivity contribution in [2.45, 2.75) is 12.3 Å². The lowest BCUT2D eigenvalue weighted by Gasteiger charge is -2.32. The average molecular weight is 341 g/mol. The Morgan fingerprint density at radius 2 is 2.17 bits per heavy atom. The van der Waals surface area contributed by atoms with Gasteiger partial charge in [0.2, 0.25) is 6.75 Å². The Balaban J connectivity index is 1.87. The van der Waals surface area contributed by atoms with Crippen LogP contribution in [0.2, 0.25) is 0 Å². The predicted molar refractivity (Wildman–Crippen MR) is 88.2 cm³/mol. The van der Waals surface area contributed by atoms with Crippen molar-refractivity contribution in [3.05, 3.63) is 53.7 Å². The summed E-state index contributed by atoms with van der Waals surface area (Å²) in [5.41, 5.74) is -0.842. The molecule has 2 aliphatic heterocycles. The first-order chi connectivity index (χ1) is 16.4. The highest BCUT2D eigenvalue weighted by atomic mass is 19.1. The third-order valence-electron chi connectivity index (χ3n) is 3.40. The SMILES string of the molecule is [2H]c1c([2H])c([C@]2([2H])CCNC([2H])([2H])C2([2H])C([2H])([2H])Oc2ccc3c(c2)OC([2H])([2H])O3)c([2H])c([2H])c1F. The Hall–Kier alpha value is -2.27. The fourth-order valence-corrected chi connectivity index (χ4v) is 2.26. The first kappa shape index (κ1) is 6.92. The second kappa shape index (κ2) is 6.69. The van der Waals surface area contributed by atoms with Gasteiger partial charge in [-0.25, -0.2) is 4.39 Å². The van der Waals surface area contributed by atoms with Crippen molar-refractivity contribution in [1.82, 2.24) is 5.32 Å². The first-order valence-corrected chi connectivity index (χ1v) is 7.11. The van der Waals surface area contributed by atoms with E-state index in [4.69, 9.17) is 30.7 Å². The molecule has 4 rings (SSSR count). The molecule has 0 amide bonds. The molecule has 1 N–H and O–H groups in total. The normalized spacial score (nSPS) is 40.5. The summed E-state index contributed by atoms with van der Waals surface area (Å²) in [4.78, 5) is 0. The van der Waals surface area contributed by atoms with Crippen LogP contribution in [0.4, 0.5) is 4.39 Å². The van der Waals surface area contributed by atoms with E-state index < -0.39 is 73.6 Å². The minimum Gasteiger partial charge on any atom is -0.493 e. The zero-order valence-corrected chi connectivity index (χ0v) is 12.2. The Morgan fingerprint density at radius 3 is 3.04 bits per heavy atom. The van der Waals surface area contributed by atoms with Crippen molar-refractivity contribution in [3.8, 4) is 17.2 Å². The highest BCUT2D eigenvalue weighted by Crippen LogP contribution is 2.36. The number of rotatable bonds is 4. The van der Waals surface area contributed by atoms with Crippen molar-refractivity contribution in [1.29, 1.82) is 0 Å². The fourth-order valence-electron chi connectivity index (χ4n) is 2.26. The van der Waals surface area contributed by atoms with Gasteiger partial charge in [0.1, 0.15) is 14.3 Å². The quantitative estimate of drug-likeness (QED) is 0.926. The largest absolute Gasteiger partial charge is 0.493 e. The van der Waals surface area contributed by atoms with Gasteiger partial charge in [-0.15, -0.1) is 0 Å². The summed E-state index contributed by atoms with van der Waals surface area (Å²) in [6.45, 7) is -9.21. The van der Waals surface area contributed by atoms with Crippen LogP contribution in [0.25, 0.3) is 0 Å². The van der Waals surface area contributed by atoms with Gasteiger partial charge in [0, 0.05) is 23.9 Å². The molecule has 24 heavy (non-hydrogen) atoms. The molecule has 1 unspecified atom stereocenters. The maximum Gasteiger partial charge on any atom is 0.231 e. The predicted octanol–water partition coefficient (Wildman–Crippen LogP) is 3.33. The van der Waals surface area contributed by atoms with E-state index in [-0.39, 0.29) is 23.8 Å². The molecule has 0 bridgehead atoms. The molecule has 0 radical (unpaired) electrons. The minimum absolute atomic E-state index is 0.0204. The minimum atomic E-state index is -3.39. The van der Waals surface area contributed by atoms with E-state index in [1.807, 2.05) is 0 Å². The number of benzene rings is 2. The van der Waals surface area contributed by atoms with Crippen LogP contribution in [-0.2, 0) is 0 Å². The summed E-state index contributed by atoms with van der Waals surface area (Å²) in [6.07, 6.45) is -0.539. The van der Waals surface area contributed by atoms with Crippen LogP contribution in [0, 0.1) is 11.7 Å². The number of fused-ring (bicyclic) bond motifs is 1. The van der Waals surface area contributed by atoms with Gasteiger partial charge in [0.15, 0.2) is 11.5 Å². The summed E-state index contributed by atoms with van der Waals surface area (Å²) in [5.74, 6) is -8.11. The van der Waals surface area contributed by atoms with Crippen molar-refractivity contribution in [2.75, 3.05) is 26.3 Å². The third kappa shape index (κ3) is 3.17. The number of hydrogen-bond donors (Lipinski definition) is 1. The third-order valence-corrected chi connectivity index (χ3v) is 3.40. The summed E-state index contributed by atoms with van der Waals surface area (Å²) < 4.78 is 129. The van der Waals surface area contributed by atoms with Gasteiger partial charge in [-0.3, -0.25) is 0 Å². The molecule has 2 atom stereocenters. The van der Waals surface area contributed by atoms with Crippen LogP contribution in [0.3, 0.4) is 0 Å². The number of nitrogens with one attached hydrogen (secondary N) is 1. The molecule has 2 heterocycles. The van der Waals surface area contributed by atoms with Crippen molar-refractivity contribution in [3.63, 3.8) is 0 Å². The summed E-state index contributed by atoms with van der Waals surface area (Å²) >= 11 is 0. The standard InChI is InChI=1S/C19H20FNO3/c20-15-3-1-13(2-4-15)17-7-8-21-10-14(17)11-22-16-5-6-18-19(9-16)24-12-23-18/h1-6,9,14,17,21H,7-8,10-12H2/t14?,17-/m0/s1/i1D,2D,3D,4D,10D2,11D2,12D2,14D,17D. The zero-order chi connectivity index (χ0) is 27.1. The highest BCUT2D eigenvalue weighted by molar-refractivity contribution is 5.46. The van der Waals surface area contributed by atoms with Crippen LogP contribution in [0.5, 0.6) is 17.2 Å². The maximum atomic E-state index is 14.2. The van der Waals surface area contributed by atoms with Gasteiger partial charge in [-0.1, -0.05) is 12.1 Å². The van der Waals surface area contributed by atoms with Crippen LogP contribution >= 0.6 is 0 Å². The van der Waals surface area contributed by atoms with Gasteiger partial charge in [0.25, 0.3) is 0 Å². The Bertz CT molecular complexity index is 1220. The highest BCUT2D eigenvalue weighted by Gasteiger charge is 2.27. The molecular weight excluding hydrogens is 309 g/mol. The van der Waals surface area contributed by atoms with Gasteiger partial charge in [0.05, 0.1) is 14.8 Å². The topological polar surface area (TPSA) is 39.7 Å². The Labute approximate surface area is 157 Å². The van der Waals surface area contributed by atoms with E-state index in [1.54, 1.807) is 0 Å². The van der Waals surface area contributed by atoms with Gasteiger partial charge >= 0.3 is 0 Å². The molecule has 0 saturated carbocycles. The Kier molecular flexibility index (Phi) is 1.93. The van der Waals surface area contributed by atoms with Crippen LogP contribution in [-0.4, -0.2) is 26.3 Å². The molecular formula is C19H20FNO3. The maximum absolute atomic E-state index is 14.2. The first-order valence-electron chi connectivity index (χ1n) is 13.1. The van der Waals surface area contributed by atoms with Gasteiger partial charge in [-0.2, -0.15) is 0 Å². The second-order valence-corrected chi connectivity index (χ2v) is 4.94. The van der Waals surface area contributed by atoms with Crippen molar-refractivity contribution < 1.29 is 35.1 Å². The molecule has 2 aliphatic rings. The molecule has 4 nitrogen and oxygen atoms in total. The summed E-state index contributed by atoms with van der Waals surface area (Å²) in [7, 11) is 0. The van der Waals surface area contributed by atoms with E-state index in [0.29, 0.717) is 0 Å². The lowest BCUT2D eigenvalue weighted by molar-refractivity contribution is 0.173. The number of piperidine rings is 1. The van der Waals surface area contributed by atoms with Crippen molar-refractivity contribution in [2.24, 2.45) is 5.89 Å².